The van der Waals surface area contributed by atoms with Crippen LogP contribution in [0, 0.1) is 22.7 Å². The second kappa shape index (κ2) is 7.81. The van der Waals surface area contributed by atoms with Gasteiger partial charge < -0.3 is 10.6 Å². The number of pyridine rings is 1. The fourth-order valence-electron chi connectivity index (χ4n) is 2.70. The van der Waals surface area contributed by atoms with E-state index in [0.717, 1.165) is 5.69 Å². The zero-order chi connectivity index (χ0) is 19.2. The standard InChI is InChI=1S/C21H15N5O/c1-14(27)24-20-17(12-22)19(15-8-4-2-5-9-15)18(13-23)21(26-20)25-16-10-6-3-7-11-16/h2-11H,1H3,(H2,24,25,26,27). The zero-order valence-electron chi connectivity index (χ0n) is 14.5. The first kappa shape index (κ1) is 17.7. The maximum absolute atomic E-state index is 11.6. The number of rotatable bonds is 4. The van der Waals surface area contributed by atoms with Crippen LogP contribution in [0.2, 0.25) is 0 Å². The van der Waals surface area contributed by atoms with Gasteiger partial charge in [0, 0.05) is 18.2 Å². The highest BCUT2D eigenvalue weighted by atomic mass is 16.1. The van der Waals surface area contributed by atoms with Gasteiger partial charge in [-0.1, -0.05) is 48.5 Å². The topological polar surface area (TPSA) is 102 Å². The molecular formula is C21H15N5O. The Bertz CT molecular complexity index is 1060. The van der Waals surface area contributed by atoms with Crippen molar-refractivity contribution in [2.75, 3.05) is 10.6 Å². The predicted molar refractivity (Wildman–Crippen MR) is 103 cm³/mol. The highest BCUT2D eigenvalue weighted by molar-refractivity contribution is 5.94. The molecule has 1 amide bonds. The lowest BCUT2D eigenvalue weighted by atomic mass is 9.96. The lowest BCUT2D eigenvalue weighted by Gasteiger charge is -2.16. The molecule has 0 aliphatic heterocycles. The van der Waals surface area contributed by atoms with E-state index in [4.69, 9.17) is 0 Å². The van der Waals surface area contributed by atoms with Crippen molar-refractivity contribution in [1.29, 1.82) is 10.5 Å². The molecule has 2 N–H and O–H groups in total. The maximum Gasteiger partial charge on any atom is 0.222 e. The van der Waals surface area contributed by atoms with Gasteiger partial charge in [-0.05, 0) is 17.7 Å². The van der Waals surface area contributed by atoms with Crippen molar-refractivity contribution in [1.82, 2.24) is 4.98 Å². The Hall–Kier alpha value is -4.16. The Morgan fingerprint density at radius 1 is 0.889 bits per heavy atom. The third-order valence-corrected chi connectivity index (χ3v) is 3.81. The molecule has 130 valence electrons. The van der Waals surface area contributed by atoms with Crippen LogP contribution >= 0.6 is 0 Å². The van der Waals surface area contributed by atoms with Crippen molar-refractivity contribution in [2.45, 2.75) is 6.92 Å². The van der Waals surface area contributed by atoms with Crippen molar-refractivity contribution in [3.8, 4) is 23.3 Å². The number of aromatic nitrogens is 1. The number of nitrogens with zero attached hydrogens (tertiary/aromatic N) is 3. The minimum atomic E-state index is -0.353. The van der Waals surface area contributed by atoms with E-state index in [9.17, 15) is 15.3 Å². The molecule has 0 atom stereocenters. The molecule has 0 spiro atoms. The van der Waals surface area contributed by atoms with Crippen LogP contribution in [0.25, 0.3) is 11.1 Å². The van der Waals surface area contributed by atoms with Gasteiger partial charge in [0.2, 0.25) is 5.91 Å². The van der Waals surface area contributed by atoms with E-state index in [-0.39, 0.29) is 28.7 Å². The first-order valence-corrected chi connectivity index (χ1v) is 8.17. The molecule has 0 unspecified atom stereocenters. The summed E-state index contributed by atoms with van der Waals surface area (Å²) in [5, 5.41) is 25.2. The summed E-state index contributed by atoms with van der Waals surface area (Å²) in [6, 6.07) is 22.6. The van der Waals surface area contributed by atoms with E-state index >= 15 is 0 Å². The van der Waals surface area contributed by atoms with E-state index in [1.165, 1.54) is 6.92 Å². The van der Waals surface area contributed by atoms with Gasteiger partial charge in [0.05, 0.1) is 0 Å². The molecule has 0 fully saturated rings. The van der Waals surface area contributed by atoms with Gasteiger partial charge in [-0.3, -0.25) is 4.79 Å². The molecule has 0 aliphatic carbocycles. The molecule has 3 rings (SSSR count). The average molecular weight is 353 g/mol. The quantitative estimate of drug-likeness (QED) is 0.732. The molecule has 0 bridgehead atoms. The van der Waals surface area contributed by atoms with Gasteiger partial charge in [0.15, 0.2) is 11.6 Å². The van der Waals surface area contributed by atoms with Crippen LogP contribution in [0.5, 0.6) is 0 Å². The number of nitrogens with one attached hydrogen (secondary N) is 2. The van der Waals surface area contributed by atoms with Crippen molar-refractivity contribution in [3.05, 3.63) is 71.8 Å². The van der Waals surface area contributed by atoms with Crippen LogP contribution in [-0.4, -0.2) is 10.9 Å². The second-order valence-electron chi connectivity index (χ2n) is 5.70. The third-order valence-electron chi connectivity index (χ3n) is 3.81. The molecule has 0 radical (unpaired) electrons. The smallest absolute Gasteiger partial charge is 0.222 e. The summed E-state index contributed by atoms with van der Waals surface area (Å²) in [4.78, 5) is 16.0. The summed E-state index contributed by atoms with van der Waals surface area (Å²) in [5.41, 5.74) is 2.23. The van der Waals surface area contributed by atoms with Crippen LogP contribution in [0.1, 0.15) is 18.1 Å². The molecule has 0 saturated heterocycles. The zero-order valence-corrected chi connectivity index (χ0v) is 14.5. The van der Waals surface area contributed by atoms with E-state index in [1.54, 1.807) is 12.1 Å². The van der Waals surface area contributed by atoms with E-state index in [0.29, 0.717) is 11.1 Å². The van der Waals surface area contributed by atoms with Crippen molar-refractivity contribution >= 4 is 23.2 Å². The number of carbonyl (C=O) groups is 1. The monoisotopic (exact) mass is 353 g/mol. The van der Waals surface area contributed by atoms with Gasteiger partial charge in [-0.2, -0.15) is 10.5 Å². The molecule has 6 heteroatoms. The summed E-state index contributed by atoms with van der Waals surface area (Å²) in [7, 11) is 0. The maximum atomic E-state index is 11.6. The van der Waals surface area contributed by atoms with Crippen LogP contribution in [-0.2, 0) is 4.79 Å². The second-order valence-corrected chi connectivity index (χ2v) is 5.70. The van der Waals surface area contributed by atoms with Crippen LogP contribution < -0.4 is 10.6 Å². The lowest BCUT2D eigenvalue weighted by Crippen LogP contribution is -2.12. The molecular weight excluding hydrogens is 338 g/mol. The Morgan fingerprint density at radius 3 is 2.00 bits per heavy atom. The Balaban J connectivity index is 2.29. The molecule has 0 saturated carbocycles. The normalized spacial score (nSPS) is 9.74. The molecule has 1 heterocycles. The predicted octanol–water partition coefficient (Wildman–Crippen LogP) is 4.19. The van der Waals surface area contributed by atoms with Crippen LogP contribution in [0.4, 0.5) is 17.3 Å². The van der Waals surface area contributed by atoms with Gasteiger partial charge in [0.25, 0.3) is 0 Å². The third kappa shape index (κ3) is 3.76. The Labute approximate surface area is 156 Å². The van der Waals surface area contributed by atoms with Gasteiger partial charge in [0.1, 0.15) is 23.3 Å². The Kier molecular flexibility index (Phi) is 5.11. The largest absolute Gasteiger partial charge is 0.339 e. The number of para-hydroxylation sites is 1. The number of nitriles is 2. The molecule has 1 aromatic heterocycles. The van der Waals surface area contributed by atoms with Crippen LogP contribution in [0.15, 0.2) is 60.7 Å². The van der Waals surface area contributed by atoms with Crippen molar-refractivity contribution in [3.63, 3.8) is 0 Å². The Morgan fingerprint density at radius 2 is 1.44 bits per heavy atom. The molecule has 3 aromatic rings. The SMILES string of the molecule is CC(=O)Nc1nc(Nc2ccccc2)c(C#N)c(-c2ccccc2)c1C#N. The van der Waals surface area contributed by atoms with Crippen LogP contribution in [0.3, 0.4) is 0 Å². The van der Waals surface area contributed by atoms with Crippen molar-refractivity contribution in [2.24, 2.45) is 0 Å². The number of benzene rings is 2. The van der Waals surface area contributed by atoms with E-state index in [1.807, 2.05) is 48.5 Å². The lowest BCUT2D eigenvalue weighted by molar-refractivity contribution is -0.114. The summed E-state index contributed by atoms with van der Waals surface area (Å²) < 4.78 is 0. The fourth-order valence-corrected chi connectivity index (χ4v) is 2.70. The molecule has 6 nitrogen and oxygen atoms in total. The average Bonchev–Trinajstić information content (AvgIpc) is 2.68. The number of anilines is 3. The minimum Gasteiger partial charge on any atom is -0.339 e. The van der Waals surface area contributed by atoms with Gasteiger partial charge in [-0.25, -0.2) is 4.98 Å². The summed E-state index contributed by atoms with van der Waals surface area (Å²) >= 11 is 0. The fraction of sp³-hybridized carbons (Fsp3) is 0.0476. The highest BCUT2D eigenvalue weighted by Crippen LogP contribution is 2.35. The minimum absolute atomic E-state index is 0.112. The molecule has 27 heavy (non-hydrogen) atoms. The summed E-state index contributed by atoms with van der Waals surface area (Å²) in [5.74, 6) is 0.0277. The number of hydrogen-bond acceptors (Lipinski definition) is 5. The van der Waals surface area contributed by atoms with E-state index < -0.39 is 0 Å². The highest BCUT2D eigenvalue weighted by Gasteiger charge is 2.22. The molecule has 2 aromatic carbocycles. The first-order chi connectivity index (χ1) is 13.1. The molecule has 0 aliphatic rings. The number of hydrogen-bond donors (Lipinski definition) is 2. The first-order valence-electron chi connectivity index (χ1n) is 8.17. The summed E-state index contributed by atoms with van der Waals surface area (Å²) in [6.45, 7) is 1.34. The van der Waals surface area contributed by atoms with Gasteiger partial charge >= 0.3 is 0 Å². The van der Waals surface area contributed by atoms with Gasteiger partial charge in [-0.15, -0.1) is 0 Å². The van der Waals surface area contributed by atoms with E-state index in [2.05, 4.69) is 27.8 Å². The van der Waals surface area contributed by atoms with Crippen molar-refractivity contribution < 1.29 is 4.79 Å². The number of amides is 1. The summed E-state index contributed by atoms with van der Waals surface area (Å²) in [6.07, 6.45) is 0. The number of carbonyl (C=O) groups excluding carboxylic acids is 1.